The molecule has 0 aliphatic heterocycles. The van der Waals surface area contributed by atoms with Crippen molar-refractivity contribution in [1.29, 1.82) is 0 Å². The average Bonchev–Trinajstić information content (AvgIpc) is 2.86. The highest BCUT2D eigenvalue weighted by Crippen LogP contribution is 2.33. The minimum atomic E-state index is -0.164. The molecule has 0 aliphatic carbocycles. The van der Waals surface area contributed by atoms with Crippen molar-refractivity contribution in [1.82, 2.24) is 15.2 Å². The maximum atomic E-state index is 5.81. The maximum Gasteiger partial charge on any atom is 0.161 e. The van der Waals surface area contributed by atoms with Gasteiger partial charge in [0.1, 0.15) is 5.69 Å². The third-order valence-electron chi connectivity index (χ3n) is 3.16. The van der Waals surface area contributed by atoms with Gasteiger partial charge in [-0.25, -0.2) is 5.43 Å². The third kappa shape index (κ3) is 2.82. The lowest BCUT2D eigenvalue weighted by molar-refractivity contribution is 0.394. The van der Waals surface area contributed by atoms with E-state index in [1.54, 1.807) is 13.3 Å². The minimum absolute atomic E-state index is 0.164. The predicted octanol–water partition coefficient (Wildman–Crippen LogP) is 2.63. The summed E-state index contributed by atoms with van der Waals surface area (Å²) in [5, 5.41) is 4.40. The van der Waals surface area contributed by atoms with Crippen molar-refractivity contribution >= 4 is 22.6 Å². The van der Waals surface area contributed by atoms with Crippen molar-refractivity contribution in [3.63, 3.8) is 0 Å². The van der Waals surface area contributed by atoms with E-state index in [2.05, 4.69) is 59.1 Å². The van der Waals surface area contributed by atoms with E-state index in [-0.39, 0.29) is 12.1 Å². The number of nitrogens with two attached hydrogens (primary N) is 1. The number of nitrogens with zero attached hydrogens (tertiary/aromatic N) is 2. The molecule has 0 radical (unpaired) electrons. The van der Waals surface area contributed by atoms with E-state index in [1.165, 1.54) is 0 Å². The summed E-state index contributed by atoms with van der Waals surface area (Å²) in [7, 11) is 1.65. The Kier molecular flexibility index (Phi) is 5.00. The Balaban J connectivity index is 2.57. The summed E-state index contributed by atoms with van der Waals surface area (Å²) in [5.41, 5.74) is 4.93. The molecule has 2 aromatic rings. The van der Waals surface area contributed by atoms with Gasteiger partial charge in [0.2, 0.25) is 0 Å². The number of ether oxygens (including phenoxy) is 1. The van der Waals surface area contributed by atoms with Crippen molar-refractivity contribution in [3.05, 3.63) is 45.3 Å². The first kappa shape index (κ1) is 15.3. The quantitative estimate of drug-likeness (QED) is 0.471. The largest absolute Gasteiger partial charge is 0.493 e. The summed E-state index contributed by atoms with van der Waals surface area (Å²) in [6.07, 6.45) is 1.73. The first-order valence-corrected chi connectivity index (χ1v) is 7.50. The van der Waals surface area contributed by atoms with Crippen LogP contribution in [0.25, 0.3) is 0 Å². The summed E-state index contributed by atoms with van der Waals surface area (Å²) in [4.78, 5) is 0. The molecule has 0 fully saturated rings. The monoisotopic (exact) mass is 386 g/mol. The van der Waals surface area contributed by atoms with Crippen LogP contribution < -0.4 is 16.0 Å². The Labute approximate surface area is 132 Å². The lowest BCUT2D eigenvalue weighted by Crippen LogP contribution is -2.32. The smallest absolute Gasteiger partial charge is 0.161 e. The van der Waals surface area contributed by atoms with Gasteiger partial charge in [-0.2, -0.15) is 5.10 Å². The van der Waals surface area contributed by atoms with Gasteiger partial charge in [0, 0.05) is 9.61 Å². The zero-order valence-electron chi connectivity index (χ0n) is 11.8. The van der Waals surface area contributed by atoms with Gasteiger partial charge in [0.05, 0.1) is 19.3 Å². The van der Waals surface area contributed by atoms with Crippen LogP contribution in [-0.4, -0.2) is 16.9 Å². The summed E-state index contributed by atoms with van der Waals surface area (Å²) in [6, 6.07) is 8.20. The van der Waals surface area contributed by atoms with Gasteiger partial charge in [0.25, 0.3) is 0 Å². The van der Waals surface area contributed by atoms with Crippen LogP contribution in [0.4, 0.5) is 0 Å². The van der Waals surface area contributed by atoms with Gasteiger partial charge >= 0.3 is 0 Å². The Bertz CT molecular complexity index is 582. The fourth-order valence-corrected chi connectivity index (χ4v) is 2.92. The number of benzene rings is 1. The minimum Gasteiger partial charge on any atom is -0.493 e. The molecule has 2 rings (SSSR count). The van der Waals surface area contributed by atoms with Gasteiger partial charge in [0.15, 0.2) is 5.75 Å². The molecule has 1 atom stereocenters. The van der Waals surface area contributed by atoms with Crippen LogP contribution in [-0.2, 0) is 0 Å². The molecule has 1 heterocycles. The standard InChI is InChI=1S/C14H19IN4O/c1-9(2)19-14(12(20-3)8-17-19)13(18-16)10-6-4-5-7-11(10)15/h4-9,13,18H,16H2,1-3H3. The van der Waals surface area contributed by atoms with Gasteiger partial charge < -0.3 is 4.74 Å². The van der Waals surface area contributed by atoms with Crippen LogP contribution >= 0.6 is 22.6 Å². The summed E-state index contributed by atoms with van der Waals surface area (Å²) < 4.78 is 8.52. The Morgan fingerprint density at radius 1 is 1.35 bits per heavy atom. The van der Waals surface area contributed by atoms with Gasteiger partial charge in [-0.15, -0.1) is 0 Å². The SMILES string of the molecule is COc1cnn(C(C)C)c1C(NN)c1ccccc1I. The molecule has 1 aromatic heterocycles. The molecule has 6 heteroatoms. The molecule has 0 amide bonds. The number of hydrogen-bond acceptors (Lipinski definition) is 4. The molecular weight excluding hydrogens is 367 g/mol. The first-order chi connectivity index (χ1) is 9.60. The van der Waals surface area contributed by atoms with Gasteiger partial charge in [-0.1, -0.05) is 18.2 Å². The molecule has 0 saturated carbocycles. The van der Waals surface area contributed by atoms with Crippen molar-refractivity contribution in [2.24, 2.45) is 5.84 Å². The molecule has 1 unspecified atom stereocenters. The lowest BCUT2D eigenvalue weighted by Gasteiger charge is -2.22. The van der Waals surface area contributed by atoms with Crippen LogP contribution in [0.5, 0.6) is 5.75 Å². The van der Waals surface area contributed by atoms with E-state index in [4.69, 9.17) is 10.6 Å². The van der Waals surface area contributed by atoms with Crippen molar-refractivity contribution in [2.75, 3.05) is 7.11 Å². The molecule has 0 saturated heterocycles. The van der Waals surface area contributed by atoms with Crippen LogP contribution in [0.15, 0.2) is 30.5 Å². The van der Waals surface area contributed by atoms with Crippen molar-refractivity contribution in [2.45, 2.75) is 25.9 Å². The van der Waals surface area contributed by atoms with Gasteiger partial charge in [-0.3, -0.25) is 10.5 Å². The fraction of sp³-hybridized carbons (Fsp3) is 0.357. The highest BCUT2D eigenvalue weighted by atomic mass is 127. The highest BCUT2D eigenvalue weighted by molar-refractivity contribution is 14.1. The molecule has 0 aliphatic rings. The Hall–Kier alpha value is -1.12. The number of rotatable bonds is 5. The topological polar surface area (TPSA) is 65.1 Å². The fourth-order valence-electron chi connectivity index (χ4n) is 2.22. The zero-order chi connectivity index (χ0) is 14.7. The predicted molar refractivity (Wildman–Crippen MR) is 87.5 cm³/mol. The van der Waals surface area contributed by atoms with Crippen LogP contribution in [0.2, 0.25) is 0 Å². The first-order valence-electron chi connectivity index (χ1n) is 6.42. The molecule has 5 nitrogen and oxygen atoms in total. The van der Waals surface area contributed by atoms with Crippen LogP contribution in [0.3, 0.4) is 0 Å². The normalized spacial score (nSPS) is 12.7. The second-order valence-electron chi connectivity index (χ2n) is 4.76. The summed E-state index contributed by atoms with van der Waals surface area (Å²) >= 11 is 2.31. The number of nitrogens with one attached hydrogen (secondary N) is 1. The molecular formula is C14H19IN4O. The second-order valence-corrected chi connectivity index (χ2v) is 5.92. The molecule has 0 spiro atoms. The molecule has 1 aromatic carbocycles. The number of hydrogen-bond donors (Lipinski definition) is 2. The molecule has 20 heavy (non-hydrogen) atoms. The van der Waals surface area contributed by atoms with E-state index in [0.29, 0.717) is 0 Å². The second kappa shape index (κ2) is 6.55. The van der Waals surface area contributed by atoms with E-state index < -0.39 is 0 Å². The Morgan fingerprint density at radius 2 is 2.05 bits per heavy atom. The van der Waals surface area contributed by atoms with Gasteiger partial charge in [-0.05, 0) is 48.1 Å². The summed E-state index contributed by atoms with van der Waals surface area (Å²) in [6.45, 7) is 4.17. The Morgan fingerprint density at radius 3 is 2.60 bits per heavy atom. The van der Waals surface area contributed by atoms with Crippen molar-refractivity contribution in [3.8, 4) is 5.75 Å². The maximum absolute atomic E-state index is 5.81. The van der Waals surface area contributed by atoms with Crippen molar-refractivity contribution < 1.29 is 4.74 Å². The number of halogens is 1. The molecule has 3 N–H and O–H groups in total. The van der Waals surface area contributed by atoms with Crippen LogP contribution in [0.1, 0.15) is 37.2 Å². The number of aromatic nitrogens is 2. The van der Waals surface area contributed by atoms with E-state index in [9.17, 15) is 0 Å². The average molecular weight is 386 g/mol. The molecule has 108 valence electrons. The van der Waals surface area contributed by atoms with E-state index >= 15 is 0 Å². The lowest BCUT2D eigenvalue weighted by atomic mass is 10.0. The summed E-state index contributed by atoms with van der Waals surface area (Å²) in [5.74, 6) is 6.54. The zero-order valence-corrected chi connectivity index (χ0v) is 14.0. The number of methoxy groups -OCH3 is 1. The number of hydrazine groups is 1. The third-order valence-corrected chi connectivity index (χ3v) is 4.15. The van der Waals surface area contributed by atoms with E-state index in [1.807, 2.05) is 16.8 Å². The molecule has 0 bridgehead atoms. The van der Waals surface area contributed by atoms with E-state index in [0.717, 1.165) is 20.6 Å². The highest BCUT2D eigenvalue weighted by Gasteiger charge is 2.25. The van der Waals surface area contributed by atoms with Crippen LogP contribution in [0, 0.1) is 3.57 Å².